The van der Waals surface area contributed by atoms with Crippen LogP contribution in [0.5, 0.6) is 0 Å². The van der Waals surface area contributed by atoms with Gasteiger partial charge >= 0.3 is 0 Å². The van der Waals surface area contributed by atoms with Gasteiger partial charge in [-0.05, 0) is 73.4 Å². The number of anilines is 1. The van der Waals surface area contributed by atoms with E-state index in [0.717, 1.165) is 47.9 Å². The van der Waals surface area contributed by atoms with Crippen molar-refractivity contribution in [2.24, 2.45) is 5.92 Å². The molecule has 2 fully saturated rings. The number of halogens is 1. The van der Waals surface area contributed by atoms with Crippen molar-refractivity contribution in [1.29, 1.82) is 0 Å². The zero-order valence-corrected chi connectivity index (χ0v) is 18.0. The summed E-state index contributed by atoms with van der Waals surface area (Å²) in [5.74, 6) is 0.837. The highest BCUT2D eigenvalue weighted by Crippen LogP contribution is 2.46. The van der Waals surface area contributed by atoms with Crippen molar-refractivity contribution in [3.63, 3.8) is 0 Å². The van der Waals surface area contributed by atoms with E-state index in [9.17, 15) is 5.11 Å². The first-order chi connectivity index (χ1) is 15.2. The SMILES string of the molecule is O[C@H](c1c(C2CC2)ccn2cncc12)C1CCN(c2ccc(Cl)c3ncccc23)CC1. The zero-order chi connectivity index (χ0) is 20.9. The Morgan fingerprint density at radius 2 is 1.90 bits per heavy atom. The molecule has 6 rings (SSSR count). The van der Waals surface area contributed by atoms with Crippen LogP contribution in [0, 0.1) is 5.92 Å². The molecule has 4 aromatic rings. The van der Waals surface area contributed by atoms with Gasteiger partial charge in [0.25, 0.3) is 0 Å². The number of piperidine rings is 1. The van der Waals surface area contributed by atoms with E-state index in [4.69, 9.17) is 11.6 Å². The van der Waals surface area contributed by atoms with Gasteiger partial charge in [0.1, 0.15) is 0 Å². The minimum Gasteiger partial charge on any atom is -0.388 e. The molecule has 3 aromatic heterocycles. The fraction of sp³-hybridized carbons (Fsp3) is 0.360. The average Bonchev–Trinajstić information content (AvgIpc) is 3.55. The summed E-state index contributed by atoms with van der Waals surface area (Å²) < 4.78 is 2.03. The van der Waals surface area contributed by atoms with Gasteiger partial charge in [0.05, 0.1) is 34.7 Å². The van der Waals surface area contributed by atoms with Crippen LogP contribution in [-0.2, 0) is 0 Å². The molecule has 2 aliphatic rings. The lowest BCUT2D eigenvalue weighted by molar-refractivity contribution is 0.0932. The van der Waals surface area contributed by atoms with E-state index >= 15 is 0 Å². The maximum absolute atomic E-state index is 11.5. The molecular formula is C25H25ClN4O. The molecule has 158 valence electrons. The minimum atomic E-state index is -0.457. The maximum Gasteiger partial charge on any atom is 0.0992 e. The van der Waals surface area contributed by atoms with E-state index < -0.39 is 6.10 Å². The van der Waals surface area contributed by atoms with Crippen molar-refractivity contribution in [1.82, 2.24) is 14.4 Å². The third-order valence-electron chi connectivity index (χ3n) is 7.00. The molecule has 0 unspecified atom stereocenters. The van der Waals surface area contributed by atoms with E-state index in [2.05, 4.69) is 39.3 Å². The van der Waals surface area contributed by atoms with Crippen LogP contribution in [0.2, 0.25) is 5.02 Å². The van der Waals surface area contributed by atoms with Crippen LogP contribution in [0.25, 0.3) is 16.4 Å². The Morgan fingerprint density at radius 1 is 1.06 bits per heavy atom. The fourth-order valence-corrected chi connectivity index (χ4v) is 5.41. The third-order valence-corrected chi connectivity index (χ3v) is 7.31. The van der Waals surface area contributed by atoms with Crippen LogP contribution >= 0.6 is 11.6 Å². The molecular weight excluding hydrogens is 408 g/mol. The molecule has 0 bridgehead atoms. The van der Waals surface area contributed by atoms with Gasteiger partial charge in [-0.1, -0.05) is 11.6 Å². The summed E-state index contributed by atoms with van der Waals surface area (Å²) in [6.45, 7) is 1.82. The predicted octanol–water partition coefficient (Wildman–Crippen LogP) is 5.36. The van der Waals surface area contributed by atoms with Crippen molar-refractivity contribution >= 4 is 33.7 Å². The number of nitrogens with zero attached hydrogens (tertiary/aromatic N) is 4. The molecule has 1 aromatic carbocycles. The molecule has 0 radical (unpaired) electrons. The largest absolute Gasteiger partial charge is 0.388 e. The summed E-state index contributed by atoms with van der Waals surface area (Å²) in [5, 5.41) is 13.3. The minimum absolute atomic E-state index is 0.242. The highest BCUT2D eigenvalue weighted by molar-refractivity contribution is 6.35. The van der Waals surface area contributed by atoms with Crippen LogP contribution in [0.1, 0.15) is 48.8 Å². The van der Waals surface area contributed by atoms with Crippen LogP contribution < -0.4 is 4.90 Å². The van der Waals surface area contributed by atoms with Gasteiger partial charge in [-0.2, -0.15) is 0 Å². The molecule has 1 N–H and O–H groups in total. The van der Waals surface area contributed by atoms with Gasteiger partial charge in [-0.25, -0.2) is 4.98 Å². The van der Waals surface area contributed by atoms with E-state index in [1.165, 1.54) is 24.1 Å². The molecule has 0 amide bonds. The van der Waals surface area contributed by atoms with Gasteiger partial charge in [-0.15, -0.1) is 0 Å². The third kappa shape index (κ3) is 3.27. The number of imidazole rings is 1. The molecule has 5 nitrogen and oxygen atoms in total. The maximum atomic E-state index is 11.5. The van der Waals surface area contributed by atoms with Crippen LogP contribution in [0.4, 0.5) is 5.69 Å². The molecule has 6 heteroatoms. The van der Waals surface area contributed by atoms with Crippen molar-refractivity contribution in [3.05, 3.63) is 71.4 Å². The molecule has 1 aliphatic heterocycles. The van der Waals surface area contributed by atoms with Gasteiger partial charge in [-0.3, -0.25) is 4.98 Å². The fourth-order valence-electron chi connectivity index (χ4n) is 5.19. The highest BCUT2D eigenvalue weighted by Gasteiger charge is 2.34. The smallest absolute Gasteiger partial charge is 0.0992 e. The lowest BCUT2D eigenvalue weighted by Gasteiger charge is -2.36. The van der Waals surface area contributed by atoms with Crippen molar-refractivity contribution in [3.8, 4) is 0 Å². The molecule has 1 saturated carbocycles. The Hall–Kier alpha value is -2.63. The molecule has 1 saturated heterocycles. The monoisotopic (exact) mass is 432 g/mol. The Bertz CT molecular complexity index is 1260. The van der Waals surface area contributed by atoms with E-state index in [-0.39, 0.29) is 5.92 Å². The Kier molecular flexibility index (Phi) is 4.62. The number of fused-ring (bicyclic) bond motifs is 2. The number of pyridine rings is 2. The number of aliphatic hydroxyl groups is 1. The van der Waals surface area contributed by atoms with E-state index in [1.54, 1.807) is 6.20 Å². The highest BCUT2D eigenvalue weighted by atomic mass is 35.5. The van der Waals surface area contributed by atoms with Gasteiger partial charge in [0.15, 0.2) is 0 Å². The van der Waals surface area contributed by atoms with Crippen molar-refractivity contribution in [2.75, 3.05) is 18.0 Å². The second kappa shape index (κ2) is 7.50. The Labute approximate surface area is 186 Å². The van der Waals surface area contributed by atoms with Gasteiger partial charge in [0.2, 0.25) is 0 Å². The summed E-state index contributed by atoms with van der Waals surface area (Å²) in [7, 11) is 0. The second-order valence-corrected chi connectivity index (χ2v) is 9.29. The quantitative estimate of drug-likeness (QED) is 0.471. The summed E-state index contributed by atoms with van der Waals surface area (Å²) in [5.41, 5.74) is 5.50. The first-order valence-corrected chi connectivity index (χ1v) is 11.5. The zero-order valence-electron chi connectivity index (χ0n) is 17.3. The molecule has 4 heterocycles. The lowest BCUT2D eigenvalue weighted by atomic mass is 9.84. The average molecular weight is 433 g/mol. The second-order valence-electron chi connectivity index (χ2n) is 8.88. The van der Waals surface area contributed by atoms with E-state index in [0.29, 0.717) is 10.9 Å². The topological polar surface area (TPSA) is 53.7 Å². The Balaban J connectivity index is 1.27. The van der Waals surface area contributed by atoms with Gasteiger partial charge in [0, 0.05) is 42.1 Å². The summed E-state index contributed by atoms with van der Waals surface area (Å²) >= 11 is 6.36. The first kappa shape index (κ1) is 19.1. The normalized spacial score (nSPS) is 18.7. The van der Waals surface area contributed by atoms with Crippen LogP contribution in [0.15, 0.2) is 55.2 Å². The Morgan fingerprint density at radius 3 is 2.71 bits per heavy atom. The predicted molar refractivity (Wildman–Crippen MR) is 124 cm³/mol. The molecule has 1 aliphatic carbocycles. The van der Waals surface area contributed by atoms with E-state index in [1.807, 2.05) is 29.1 Å². The van der Waals surface area contributed by atoms with Gasteiger partial charge < -0.3 is 14.4 Å². The lowest BCUT2D eigenvalue weighted by Crippen LogP contribution is -2.36. The number of hydrogen-bond acceptors (Lipinski definition) is 4. The molecule has 0 spiro atoms. The number of hydrogen-bond donors (Lipinski definition) is 1. The van der Waals surface area contributed by atoms with Crippen molar-refractivity contribution < 1.29 is 5.11 Å². The number of aromatic nitrogens is 3. The van der Waals surface area contributed by atoms with Crippen molar-refractivity contribution in [2.45, 2.75) is 37.7 Å². The summed E-state index contributed by atoms with van der Waals surface area (Å²) in [6, 6.07) is 10.3. The number of benzene rings is 1. The number of aliphatic hydroxyl groups excluding tert-OH is 1. The summed E-state index contributed by atoms with van der Waals surface area (Å²) in [4.78, 5) is 11.2. The van der Waals surface area contributed by atoms with Crippen LogP contribution in [0.3, 0.4) is 0 Å². The molecule has 1 atom stereocenters. The standard InChI is InChI=1S/C25H25ClN4O/c26-20-5-6-21(19-2-1-10-28-24(19)20)29-11-7-17(8-12-29)25(31)23-18(16-3-4-16)9-13-30-15-27-14-22(23)30/h1-2,5-6,9-10,13-17,25,31H,3-4,7-8,11-12H2/t25-/m0/s1. The van der Waals surface area contributed by atoms with Crippen LogP contribution in [-0.4, -0.2) is 32.6 Å². The number of rotatable bonds is 4. The molecule has 31 heavy (non-hydrogen) atoms. The first-order valence-electron chi connectivity index (χ1n) is 11.1. The summed E-state index contributed by atoms with van der Waals surface area (Å²) in [6.07, 6.45) is 11.5.